The predicted octanol–water partition coefficient (Wildman–Crippen LogP) is 3.97. The summed E-state index contributed by atoms with van der Waals surface area (Å²) in [5.41, 5.74) is 1.88. The van der Waals surface area contributed by atoms with E-state index < -0.39 is 0 Å². The van der Waals surface area contributed by atoms with Crippen molar-refractivity contribution < 1.29 is 13.9 Å². The van der Waals surface area contributed by atoms with E-state index in [2.05, 4.69) is 10.4 Å². The summed E-state index contributed by atoms with van der Waals surface area (Å²) in [6.07, 6.45) is 3.63. The van der Waals surface area contributed by atoms with Crippen molar-refractivity contribution in [3.8, 4) is 5.75 Å². The first-order valence-corrected chi connectivity index (χ1v) is 8.70. The van der Waals surface area contributed by atoms with E-state index in [1.54, 1.807) is 30.5 Å². The Kier molecular flexibility index (Phi) is 5.63. The predicted molar refractivity (Wildman–Crippen MR) is 98.3 cm³/mol. The average molecular weight is 374 g/mol. The Hall–Kier alpha value is -2.73. The number of rotatable bonds is 7. The maximum atomic E-state index is 12.2. The molecule has 1 aromatic carbocycles. The molecule has 0 saturated heterocycles. The van der Waals surface area contributed by atoms with Gasteiger partial charge in [-0.1, -0.05) is 11.6 Å². The smallest absolute Gasteiger partial charge is 0.287 e. The van der Waals surface area contributed by atoms with E-state index in [0.29, 0.717) is 23.1 Å². The van der Waals surface area contributed by atoms with Crippen molar-refractivity contribution in [3.63, 3.8) is 0 Å². The largest absolute Gasteiger partial charge is 0.486 e. The standard InChI is InChI=1S/C19H20ClN3O3/c1-3-23-11-14(10-22-23)9-21-19(24)18-7-5-16(26-18)12-25-15-4-6-17(20)13(2)8-15/h4-8,10-11H,3,9,12H2,1-2H3,(H,21,24). The van der Waals surface area contributed by atoms with Gasteiger partial charge < -0.3 is 14.5 Å². The maximum Gasteiger partial charge on any atom is 0.287 e. The lowest BCUT2D eigenvalue weighted by molar-refractivity contribution is 0.0919. The molecule has 6 nitrogen and oxygen atoms in total. The van der Waals surface area contributed by atoms with Gasteiger partial charge in [0.15, 0.2) is 5.76 Å². The number of carbonyl (C=O) groups is 1. The van der Waals surface area contributed by atoms with Crippen LogP contribution >= 0.6 is 11.6 Å². The topological polar surface area (TPSA) is 69.3 Å². The molecule has 0 aliphatic carbocycles. The van der Waals surface area contributed by atoms with Gasteiger partial charge in [-0.2, -0.15) is 5.10 Å². The van der Waals surface area contributed by atoms with E-state index >= 15 is 0 Å². The zero-order valence-corrected chi connectivity index (χ0v) is 15.4. The highest BCUT2D eigenvalue weighted by molar-refractivity contribution is 6.31. The first-order chi connectivity index (χ1) is 12.5. The maximum absolute atomic E-state index is 12.2. The van der Waals surface area contributed by atoms with Crippen LogP contribution in [0.2, 0.25) is 5.02 Å². The second-order valence-electron chi connectivity index (χ2n) is 5.85. The zero-order chi connectivity index (χ0) is 18.5. The van der Waals surface area contributed by atoms with Gasteiger partial charge in [-0.3, -0.25) is 9.48 Å². The van der Waals surface area contributed by atoms with E-state index in [-0.39, 0.29) is 18.3 Å². The molecule has 3 rings (SSSR count). The molecule has 0 atom stereocenters. The van der Waals surface area contributed by atoms with E-state index in [0.717, 1.165) is 17.7 Å². The molecule has 1 N–H and O–H groups in total. The van der Waals surface area contributed by atoms with Crippen LogP contribution in [0, 0.1) is 6.92 Å². The molecule has 0 unspecified atom stereocenters. The van der Waals surface area contributed by atoms with Gasteiger partial charge in [0.25, 0.3) is 5.91 Å². The number of hydrogen-bond donors (Lipinski definition) is 1. The van der Waals surface area contributed by atoms with Crippen LogP contribution in [0.3, 0.4) is 0 Å². The fourth-order valence-electron chi connectivity index (χ4n) is 2.38. The molecule has 0 bridgehead atoms. The summed E-state index contributed by atoms with van der Waals surface area (Å²) in [7, 11) is 0. The number of halogens is 1. The van der Waals surface area contributed by atoms with E-state index in [1.165, 1.54) is 0 Å². The van der Waals surface area contributed by atoms with Gasteiger partial charge in [-0.25, -0.2) is 0 Å². The molecule has 26 heavy (non-hydrogen) atoms. The van der Waals surface area contributed by atoms with Crippen LogP contribution in [0.5, 0.6) is 5.75 Å². The summed E-state index contributed by atoms with van der Waals surface area (Å²) in [5, 5.41) is 7.68. The Morgan fingerprint density at radius 1 is 1.35 bits per heavy atom. The highest BCUT2D eigenvalue weighted by Gasteiger charge is 2.12. The zero-order valence-electron chi connectivity index (χ0n) is 14.7. The summed E-state index contributed by atoms with van der Waals surface area (Å²) in [4.78, 5) is 12.2. The van der Waals surface area contributed by atoms with Crippen molar-refractivity contribution in [1.82, 2.24) is 15.1 Å². The normalized spacial score (nSPS) is 10.7. The lowest BCUT2D eigenvalue weighted by Crippen LogP contribution is -2.22. The van der Waals surface area contributed by atoms with Gasteiger partial charge in [0, 0.05) is 29.9 Å². The monoisotopic (exact) mass is 373 g/mol. The molecular formula is C19H20ClN3O3. The van der Waals surface area contributed by atoms with Crippen molar-refractivity contribution in [1.29, 1.82) is 0 Å². The van der Waals surface area contributed by atoms with Crippen LogP contribution in [-0.2, 0) is 19.7 Å². The molecule has 0 aliphatic rings. The SMILES string of the molecule is CCn1cc(CNC(=O)c2ccc(COc3ccc(Cl)c(C)c3)o2)cn1. The molecule has 2 aromatic heterocycles. The number of aryl methyl sites for hydroxylation is 2. The Balaban J connectivity index is 1.53. The van der Waals surface area contributed by atoms with Crippen molar-refractivity contribution in [2.45, 2.75) is 33.5 Å². The van der Waals surface area contributed by atoms with E-state index in [1.807, 2.05) is 30.8 Å². The number of amides is 1. The second-order valence-corrected chi connectivity index (χ2v) is 6.26. The van der Waals surface area contributed by atoms with Gasteiger partial charge in [0.1, 0.15) is 18.1 Å². The number of furan rings is 1. The Bertz CT molecular complexity index is 901. The van der Waals surface area contributed by atoms with Gasteiger partial charge >= 0.3 is 0 Å². The quantitative estimate of drug-likeness (QED) is 0.680. The molecule has 0 saturated carbocycles. The van der Waals surface area contributed by atoms with Crippen molar-refractivity contribution in [2.75, 3.05) is 0 Å². The summed E-state index contributed by atoms with van der Waals surface area (Å²) < 4.78 is 13.0. The minimum atomic E-state index is -0.275. The summed E-state index contributed by atoms with van der Waals surface area (Å²) in [6.45, 7) is 5.34. The molecule has 0 aliphatic heterocycles. The van der Waals surface area contributed by atoms with Crippen LogP contribution in [0.1, 0.15) is 34.4 Å². The fourth-order valence-corrected chi connectivity index (χ4v) is 2.50. The van der Waals surface area contributed by atoms with Crippen molar-refractivity contribution in [3.05, 3.63) is 70.4 Å². The molecule has 3 aromatic rings. The summed E-state index contributed by atoms with van der Waals surface area (Å²) in [5.74, 6) is 1.24. The number of ether oxygens (including phenoxy) is 1. The lowest BCUT2D eigenvalue weighted by Gasteiger charge is -2.06. The Labute approximate surface area is 156 Å². The first kappa shape index (κ1) is 18.1. The third-order valence-electron chi connectivity index (χ3n) is 3.86. The molecule has 0 radical (unpaired) electrons. The van der Waals surface area contributed by atoms with E-state index in [4.69, 9.17) is 20.8 Å². The van der Waals surface area contributed by atoms with Crippen LogP contribution in [0.25, 0.3) is 0 Å². The van der Waals surface area contributed by atoms with Crippen molar-refractivity contribution in [2.24, 2.45) is 0 Å². The number of carbonyl (C=O) groups excluding carboxylic acids is 1. The Morgan fingerprint density at radius 3 is 2.92 bits per heavy atom. The average Bonchev–Trinajstić information content (AvgIpc) is 3.30. The van der Waals surface area contributed by atoms with Gasteiger partial charge in [-0.05, 0) is 49.7 Å². The van der Waals surface area contributed by atoms with Gasteiger partial charge in [-0.15, -0.1) is 0 Å². The number of hydrogen-bond acceptors (Lipinski definition) is 4. The van der Waals surface area contributed by atoms with Gasteiger partial charge in [0.2, 0.25) is 0 Å². The lowest BCUT2D eigenvalue weighted by atomic mass is 10.2. The molecule has 2 heterocycles. The number of benzene rings is 1. The number of nitrogens with one attached hydrogen (secondary N) is 1. The molecule has 136 valence electrons. The minimum Gasteiger partial charge on any atom is -0.486 e. The highest BCUT2D eigenvalue weighted by atomic mass is 35.5. The molecule has 0 fully saturated rings. The Morgan fingerprint density at radius 2 is 2.19 bits per heavy atom. The van der Waals surface area contributed by atoms with Crippen LogP contribution in [-0.4, -0.2) is 15.7 Å². The van der Waals surface area contributed by atoms with Gasteiger partial charge in [0.05, 0.1) is 6.20 Å². The first-order valence-electron chi connectivity index (χ1n) is 8.32. The molecule has 1 amide bonds. The summed E-state index contributed by atoms with van der Waals surface area (Å²) in [6, 6.07) is 8.80. The third kappa shape index (κ3) is 4.46. The van der Waals surface area contributed by atoms with Crippen molar-refractivity contribution >= 4 is 17.5 Å². The number of nitrogens with zero attached hydrogens (tertiary/aromatic N) is 2. The van der Waals surface area contributed by atoms with E-state index in [9.17, 15) is 4.79 Å². The fraction of sp³-hybridized carbons (Fsp3) is 0.263. The molecule has 7 heteroatoms. The van der Waals surface area contributed by atoms with Crippen LogP contribution < -0.4 is 10.1 Å². The van der Waals surface area contributed by atoms with Crippen LogP contribution in [0.4, 0.5) is 0 Å². The minimum absolute atomic E-state index is 0.234. The molecular weight excluding hydrogens is 354 g/mol. The third-order valence-corrected chi connectivity index (χ3v) is 4.28. The van der Waals surface area contributed by atoms with Crippen LogP contribution in [0.15, 0.2) is 47.1 Å². The highest BCUT2D eigenvalue weighted by Crippen LogP contribution is 2.22. The molecule has 0 spiro atoms. The number of aromatic nitrogens is 2. The summed E-state index contributed by atoms with van der Waals surface area (Å²) >= 11 is 6.00. The second kappa shape index (κ2) is 8.10.